The normalized spacial score (nSPS) is 11.4. The number of sulfonamides is 1. The molecule has 1 N–H and O–H groups in total. The van der Waals surface area contributed by atoms with Crippen molar-refractivity contribution in [3.8, 4) is 21.7 Å². The van der Waals surface area contributed by atoms with Gasteiger partial charge in [0.05, 0.1) is 15.5 Å². The molecule has 0 atom stereocenters. The van der Waals surface area contributed by atoms with Crippen molar-refractivity contribution < 1.29 is 8.42 Å². The van der Waals surface area contributed by atoms with E-state index in [9.17, 15) is 8.42 Å². The number of hydrogen-bond acceptors (Lipinski definition) is 5. The molecular formula is C19H14N2O2S3. The molecule has 0 amide bonds. The van der Waals surface area contributed by atoms with E-state index >= 15 is 0 Å². The minimum Gasteiger partial charge on any atom is -0.255 e. The number of thiazole rings is 1. The lowest BCUT2D eigenvalue weighted by Crippen LogP contribution is -2.12. The van der Waals surface area contributed by atoms with Crippen LogP contribution in [0.2, 0.25) is 0 Å². The molecule has 0 aliphatic rings. The second-order valence-electron chi connectivity index (χ2n) is 5.51. The summed E-state index contributed by atoms with van der Waals surface area (Å²) in [5, 5.41) is 4.18. The predicted molar refractivity (Wildman–Crippen MR) is 108 cm³/mol. The Hall–Kier alpha value is -2.48. The van der Waals surface area contributed by atoms with Crippen molar-refractivity contribution >= 4 is 37.8 Å². The van der Waals surface area contributed by atoms with Gasteiger partial charge in [-0.25, -0.2) is 13.4 Å². The summed E-state index contributed by atoms with van der Waals surface area (Å²) < 4.78 is 27.8. The van der Waals surface area contributed by atoms with E-state index in [1.165, 1.54) is 11.3 Å². The molecule has 7 heteroatoms. The Kier molecular flexibility index (Phi) is 4.58. The Labute approximate surface area is 159 Å². The standard InChI is InChI=1S/C19H14N2O2S3/c22-26(23,21-19-20-17(13-25-19)18-7-4-12-24-18)16-10-8-15(9-11-16)14-5-2-1-3-6-14/h1-13H,(H,20,21). The molecule has 2 aromatic carbocycles. The van der Waals surface area contributed by atoms with Crippen LogP contribution in [-0.2, 0) is 10.0 Å². The molecule has 2 aromatic heterocycles. The van der Waals surface area contributed by atoms with E-state index in [4.69, 9.17) is 0 Å². The summed E-state index contributed by atoms with van der Waals surface area (Å²) >= 11 is 2.84. The van der Waals surface area contributed by atoms with Gasteiger partial charge in [-0.1, -0.05) is 48.5 Å². The zero-order valence-corrected chi connectivity index (χ0v) is 15.9. The minimum atomic E-state index is -3.67. The summed E-state index contributed by atoms with van der Waals surface area (Å²) in [5.41, 5.74) is 2.80. The molecule has 0 saturated carbocycles. The van der Waals surface area contributed by atoms with Crippen LogP contribution in [0.15, 0.2) is 82.4 Å². The summed E-state index contributed by atoms with van der Waals surface area (Å²) in [6.07, 6.45) is 0. The number of anilines is 1. The zero-order valence-electron chi connectivity index (χ0n) is 13.5. The summed E-state index contributed by atoms with van der Waals surface area (Å²) in [6.45, 7) is 0. The first-order valence-electron chi connectivity index (χ1n) is 7.79. The van der Waals surface area contributed by atoms with Crippen molar-refractivity contribution in [2.75, 3.05) is 4.72 Å². The molecule has 0 fully saturated rings. The zero-order chi connectivity index (χ0) is 18.0. The molecule has 130 valence electrons. The van der Waals surface area contributed by atoms with Gasteiger partial charge in [-0.15, -0.1) is 22.7 Å². The van der Waals surface area contributed by atoms with Gasteiger partial charge in [-0.2, -0.15) is 0 Å². The van der Waals surface area contributed by atoms with Crippen LogP contribution in [0.3, 0.4) is 0 Å². The first-order chi connectivity index (χ1) is 12.6. The van der Waals surface area contributed by atoms with Crippen LogP contribution in [0.5, 0.6) is 0 Å². The number of thiophene rings is 1. The Balaban J connectivity index is 1.55. The Morgan fingerprint density at radius 2 is 1.54 bits per heavy atom. The topological polar surface area (TPSA) is 59.1 Å². The molecule has 4 aromatic rings. The van der Waals surface area contributed by atoms with E-state index in [0.717, 1.165) is 21.7 Å². The lowest BCUT2D eigenvalue weighted by Gasteiger charge is -2.07. The SMILES string of the molecule is O=S(=O)(Nc1nc(-c2cccs2)cs1)c1ccc(-c2ccccc2)cc1. The fourth-order valence-corrected chi connectivity index (χ4v) is 5.21. The average molecular weight is 399 g/mol. The second-order valence-corrected chi connectivity index (χ2v) is 9.00. The van der Waals surface area contributed by atoms with Gasteiger partial charge in [0, 0.05) is 5.38 Å². The highest BCUT2D eigenvalue weighted by Gasteiger charge is 2.16. The van der Waals surface area contributed by atoms with E-state index in [0.29, 0.717) is 5.13 Å². The molecule has 0 unspecified atom stereocenters. The molecule has 0 saturated heterocycles. The molecule has 0 aliphatic heterocycles. The van der Waals surface area contributed by atoms with Gasteiger partial charge in [0.15, 0.2) is 5.13 Å². The van der Waals surface area contributed by atoms with Crippen molar-refractivity contribution in [3.63, 3.8) is 0 Å². The predicted octanol–water partition coefficient (Wildman–Crippen LogP) is 5.34. The van der Waals surface area contributed by atoms with E-state index in [1.807, 2.05) is 65.4 Å². The molecule has 4 nitrogen and oxygen atoms in total. The molecule has 0 aliphatic carbocycles. The fraction of sp³-hybridized carbons (Fsp3) is 0. The van der Waals surface area contributed by atoms with Gasteiger partial charge >= 0.3 is 0 Å². The van der Waals surface area contributed by atoms with Crippen LogP contribution in [0.1, 0.15) is 0 Å². The third kappa shape index (κ3) is 3.55. The lowest BCUT2D eigenvalue weighted by atomic mass is 10.1. The third-order valence-corrected chi connectivity index (χ3v) is 6.91. The van der Waals surface area contributed by atoms with Crippen molar-refractivity contribution in [3.05, 3.63) is 77.5 Å². The number of benzene rings is 2. The summed E-state index contributed by atoms with van der Waals surface area (Å²) in [5.74, 6) is 0. The fourth-order valence-electron chi connectivity index (χ4n) is 2.49. The highest BCUT2D eigenvalue weighted by atomic mass is 32.2. The first kappa shape index (κ1) is 17.0. The average Bonchev–Trinajstić information content (AvgIpc) is 3.34. The quantitative estimate of drug-likeness (QED) is 0.494. The first-order valence-corrected chi connectivity index (χ1v) is 11.0. The van der Waals surface area contributed by atoms with Crippen LogP contribution in [-0.4, -0.2) is 13.4 Å². The van der Waals surface area contributed by atoms with Crippen LogP contribution in [0, 0.1) is 0 Å². The highest BCUT2D eigenvalue weighted by Crippen LogP contribution is 2.29. The summed E-state index contributed by atoms with van der Waals surface area (Å²) in [7, 11) is -3.67. The molecule has 2 heterocycles. The molecule has 0 radical (unpaired) electrons. The van der Waals surface area contributed by atoms with Gasteiger partial charge in [-0.05, 0) is 34.7 Å². The highest BCUT2D eigenvalue weighted by molar-refractivity contribution is 7.93. The van der Waals surface area contributed by atoms with E-state index in [1.54, 1.807) is 23.5 Å². The maximum atomic E-state index is 12.6. The Morgan fingerprint density at radius 3 is 2.23 bits per heavy atom. The van der Waals surface area contributed by atoms with Crippen LogP contribution >= 0.6 is 22.7 Å². The van der Waals surface area contributed by atoms with E-state index in [-0.39, 0.29) is 4.90 Å². The smallest absolute Gasteiger partial charge is 0.255 e. The molecular weight excluding hydrogens is 384 g/mol. The minimum absolute atomic E-state index is 0.213. The van der Waals surface area contributed by atoms with Crippen molar-refractivity contribution in [2.45, 2.75) is 4.90 Å². The van der Waals surface area contributed by atoms with E-state index in [2.05, 4.69) is 9.71 Å². The Bertz CT molecular complexity index is 1100. The largest absolute Gasteiger partial charge is 0.263 e. The van der Waals surface area contributed by atoms with Crippen molar-refractivity contribution in [1.29, 1.82) is 0 Å². The van der Waals surface area contributed by atoms with Gasteiger partial charge in [0.25, 0.3) is 10.0 Å². The number of rotatable bonds is 5. The molecule has 0 bridgehead atoms. The van der Waals surface area contributed by atoms with Gasteiger partial charge in [0.2, 0.25) is 0 Å². The van der Waals surface area contributed by atoms with Gasteiger partial charge in [-0.3, -0.25) is 4.72 Å². The summed E-state index contributed by atoms with van der Waals surface area (Å²) in [6, 6.07) is 20.6. The van der Waals surface area contributed by atoms with Gasteiger partial charge in [0.1, 0.15) is 0 Å². The molecule has 26 heavy (non-hydrogen) atoms. The maximum Gasteiger partial charge on any atom is 0.263 e. The number of nitrogens with one attached hydrogen (secondary N) is 1. The Morgan fingerprint density at radius 1 is 0.808 bits per heavy atom. The van der Waals surface area contributed by atoms with Crippen LogP contribution in [0.4, 0.5) is 5.13 Å². The van der Waals surface area contributed by atoms with E-state index < -0.39 is 10.0 Å². The van der Waals surface area contributed by atoms with Crippen LogP contribution in [0.25, 0.3) is 21.7 Å². The maximum absolute atomic E-state index is 12.6. The second kappa shape index (κ2) is 7.03. The number of hydrogen-bond donors (Lipinski definition) is 1. The monoisotopic (exact) mass is 398 g/mol. The van der Waals surface area contributed by atoms with Crippen molar-refractivity contribution in [2.24, 2.45) is 0 Å². The summed E-state index contributed by atoms with van der Waals surface area (Å²) in [4.78, 5) is 5.59. The van der Waals surface area contributed by atoms with Crippen LogP contribution < -0.4 is 4.72 Å². The number of nitrogens with zero attached hydrogens (tertiary/aromatic N) is 1. The van der Waals surface area contributed by atoms with Gasteiger partial charge < -0.3 is 0 Å². The number of aromatic nitrogens is 1. The lowest BCUT2D eigenvalue weighted by molar-refractivity contribution is 0.601. The third-order valence-electron chi connectivity index (χ3n) is 3.77. The van der Waals surface area contributed by atoms with Crippen molar-refractivity contribution in [1.82, 2.24) is 4.98 Å². The molecule has 4 rings (SSSR count). The molecule has 0 spiro atoms.